The third kappa shape index (κ3) is 6.58. The minimum Gasteiger partial charge on any atom is -0.492 e. The normalized spacial score (nSPS) is 10.9. The highest BCUT2D eigenvalue weighted by molar-refractivity contribution is 5.85. The first-order chi connectivity index (χ1) is 10.3. The van der Waals surface area contributed by atoms with Crippen LogP contribution in [-0.4, -0.2) is 38.1 Å². The summed E-state index contributed by atoms with van der Waals surface area (Å²) in [5.74, 6) is 0.137. The summed E-state index contributed by atoms with van der Waals surface area (Å²) < 4.78 is 5.55. The lowest BCUT2D eigenvalue weighted by atomic mass is 9.87. The van der Waals surface area contributed by atoms with E-state index in [1.165, 1.54) is 5.56 Å². The van der Waals surface area contributed by atoms with E-state index in [2.05, 4.69) is 31.4 Å². The molecule has 4 N–H and O–H groups in total. The van der Waals surface area contributed by atoms with Crippen LogP contribution in [0.3, 0.4) is 0 Å². The van der Waals surface area contributed by atoms with Crippen LogP contribution in [0.2, 0.25) is 0 Å². The topological polar surface area (TPSA) is 93.5 Å². The second-order valence-corrected chi connectivity index (χ2v) is 5.95. The number of amides is 2. The number of carbonyl (C=O) groups excluding carboxylic acids is 2. The molecule has 0 fully saturated rings. The Labute approximate surface area is 131 Å². The molecule has 6 nitrogen and oxygen atoms in total. The molecule has 1 aromatic carbocycles. The highest BCUT2D eigenvalue weighted by Gasteiger charge is 2.12. The van der Waals surface area contributed by atoms with E-state index >= 15 is 0 Å². The fourth-order valence-electron chi connectivity index (χ4n) is 1.72. The number of carbonyl (C=O) groups is 2. The maximum Gasteiger partial charge on any atom is 0.239 e. The fraction of sp³-hybridized carbons (Fsp3) is 0.500. The van der Waals surface area contributed by atoms with Crippen LogP contribution in [0, 0.1) is 0 Å². The van der Waals surface area contributed by atoms with E-state index in [0.717, 1.165) is 5.75 Å². The molecule has 0 radical (unpaired) electrons. The summed E-state index contributed by atoms with van der Waals surface area (Å²) in [5, 5.41) is 5.04. The Morgan fingerprint density at radius 3 is 2.27 bits per heavy atom. The van der Waals surface area contributed by atoms with Gasteiger partial charge in [-0.15, -0.1) is 0 Å². The molecule has 6 heteroatoms. The molecule has 0 heterocycles. The average molecular weight is 307 g/mol. The molecule has 0 atom stereocenters. The van der Waals surface area contributed by atoms with Crippen molar-refractivity contribution < 1.29 is 14.3 Å². The van der Waals surface area contributed by atoms with Gasteiger partial charge >= 0.3 is 0 Å². The highest BCUT2D eigenvalue weighted by Crippen LogP contribution is 2.24. The zero-order valence-corrected chi connectivity index (χ0v) is 13.4. The Kier molecular flexibility index (Phi) is 6.85. The lowest BCUT2D eigenvalue weighted by molar-refractivity contribution is -0.125. The number of nitrogens with one attached hydrogen (secondary N) is 2. The predicted octanol–water partition coefficient (Wildman–Crippen LogP) is 0.554. The number of nitrogens with two attached hydrogens (primary N) is 1. The first-order valence-corrected chi connectivity index (χ1v) is 7.29. The van der Waals surface area contributed by atoms with Crippen molar-refractivity contribution in [3.8, 4) is 5.75 Å². The molecule has 0 unspecified atom stereocenters. The smallest absolute Gasteiger partial charge is 0.239 e. The van der Waals surface area contributed by atoms with Gasteiger partial charge in [-0.1, -0.05) is 32.9 Å². The van der Waals surface area contributed by atoms with Gasteiger partial charge in [0.2, 0.25) is 11.8 Å². The van der Waals surface area contributed by atoms with Crippen molar-refractivity contribution in [3.05, 3.63) is 29.8 Å². The standard InChI is InChI=1S/C16H25N3O3/c1-16(2,3)12-4-6-13(7-5-12)22-9-8-18-15(21)11-19-14(20)10-17/h4-7H,8-11,17H2,1-3H3,(H,18,21)(H,19,20). The molecule has 0 aliphatic carbocycles. The highest BCUT2D eigenvalue weighted by atomic mass is 16.5. The van der Waals surface area contributed by atoms with E-state index in [4.69, 9.17) is 10.5 Å². The quantitative estimate of drug-likeness (QED) is 0.641. The maximum absolute atomic E-state index is 11.4. The molecule has 0 aliphatic heterocycles. The summed E-state index contributed by atoms with van der Waals surface area (Å²) in [7, 11) is 0. The molecule has 2 amide bonds. The van der Waals surface area contributed by atoms with Crippen molar-refractivity contribution in [3.63, 3.8) is 0 Å². The van der Waals surface area contributed by atoms with Crippen LogP contribution in [0.15, 0.2) is 24.3 Å². The van der Waals surface area contributed by atoms with Crippen molar-refractivity contribution in [2.45, 2.75) is 26.2 Å². The summed E-state index contributed by atoms with van der Waals surface area (Å²) in [6.07, 6.45) is 0. The molecule has 0 bridgehead atoms. The average Bonchev–Trinajstić information content (AvgIpc) is 2.48. The Bertz CT molecular complexity index is 492. The second-order valence-electron chi connectivity index (χ2n) is 5.95. The van der Waals surface area contributed by atoms with Gasteiger partial charge < -0.3 is 21.1 Å². The van der Waals surface area contributed by atoms with Gasteiger partial charge in [-0.25, -0.2) is 0 Å². The van der Waals surface area contributed by atoms with Crippen LogP contribution in [0.4, 0.5) is 0 Å². The Balaban J connectivity index is 2.24. The largest absolute Gasteiger partial charge is 0.492 e. The van der Waals surface area contributed by atoms with E-state index in [-0.39, 0.29) is 30.3 Å². The van der Waals surface area contributed by atoms with Gasteiger partial charge in [0.05, 0.1) is 19.6 Å². The number of hydrogen-bond acceptors (Lipinski definition) is 4. The SMILES string of the molecule is CC(C)(C)c1ccc(OCCNC(=O)CNC(=O)CN)cc1. The minimum atomic E-state index is -0.356. The summed E-state index contributed by atoms with van der Waals surface area (Å²) in [6, 6.07) is 7.92. The zero-order valence-electron chi connectivity index (χ0n) is 13.4. The lowest BCUT2D eigenvalue weighted by Crippen LogP contribution is -2.40. The molecule has 122 valence electrons. The third-order valence-corrected chi connectivity index (χ3v) is 3.04. The second kappa shape index (κ2) is 8.38. The Hall–Kier alpha value is -2.08. The minimum absolute atomic E-state index is 0.0731. The molecule has 0 saturated heterocycles. The molecule has 0 aliphatic rings. The van der Waals surface area contributed by atoms with Crippen molar-refractivity contribution in [2.24, 2.45) is 5.73 Å². The molecule has 1 rings (SSSR count). The molecular formula is C16H25N3O3. The number of rotatable bonds is 7. The Morgan fingerprint density at radius 1 is 1.09 bits per heavy atom. The van der Waals surface area contributed by atoms with Gasteiger partial charge in [-0.2, -0.15) is 0 Å². The van der Waals surface area contributed by atoms with E-state index in [1.807, 2.05) is 24.3 Å². The van der Waals surface area contributed by atoms with Crippen molar-refractivity contribution >= 4 is 11.8 Å². The van der Waals surface area contributed by atoms with Crippen LogP contribution >= 0.6 is 0 Å². The Morgan fingerprint density at radius 2 is 1.73 bits per heavy atom. The van der Waals surface area contributed by atoms with Gasteiger partial charge in [-0.3, -0.25) is 9.59 Å². The van der Waals surface area contributed by atoms with Gasteiger partial charge in [0.1, 0.15) is 12.4 Å². The summed E-state index contributed by atoms with van der Waals surface area (Å²) in [4.78, 5) is 22.3. The summed E-state index contributed by atoms with van der Waals surface area (Å²) in [6.45, 7) is 7.01. The van der Waals surface area contributed by atoms with E-state index < -0.39 is 0 Å². The van der Waals surface area contributed by atoms with Crippen LogP contribution in [0.5, 0.6) is 5.75 Å². The van der Waals surface area contributed by atoms with Gasteiger partial charge in [0.25, 0.3) is 0 Å². The summed E-state index contributed by atoms with van der Waals surface area (Å²) in [5.41, 5.74) is 6.47. The molecule has 0 saturated carbocycles. The molecule has 22 heavy (non-hydrogen) atoms. The number of hydrogen-bond donors (Lipinski definition) is 3. The van der Waals surface area contributed by atoms with Crippen molar-refractivity contribution in [1.82, 2.24) is 10.6 Å². The van der Waals surface area contributed by atoms with Crippen LogP contribution < -0.4 is 21.1 Å². The number of ether oxygens (including phenoxy) is 1. The van der Waals surface area contributed by atoms with E-state index in [9.17, 15) is 9.59 Å². The lowest BCUT2D eigenvalue weighted by Gasteiger charge is -2.19. The van der Waals surface area contributed by atoms with Gasteiger partial charge in [-0.05, 0) is 23.1 Å². The monoisotopic (exact) mass is 307 g/mol. The summed E-state index contributed by atoms with van der Waals surface area (Å²) >= 11 is 0. The van der Waals surface area contributed by atoms with Crippen molar-refractivity contribution in [2.75, 3.05) is 26.2 Å². The maximum atomic E-state index is 11.4. The predicted molar refractivity (Wildman–Crippen MR) is 85.7 cm³/mol. The van der Waals surface area contributed by atoms with Gasteiger partial charge in [0.15, 0.2) is 0 Å². The van der Waals surface area contributed by atoms with Crippen LogP contribution in [0.25, 0.3) is 0 Å². The van der Waals surface area contributed by atoms with Crippen molar-refractivity contribution in [1.29, 1.82) is 0 Å². The van der Waals surface area contributed by atoms with Gasteiger partial charge in [0, 0.05) is 0 Å². The first kappa shape index (κ1) is 18.0. The third-order valence-electron chi connectivity index (χ3n) is 3.04. The first-order valence-electron chi connectivity index (χ1n) is 7.29. The number of benzene rings is 1. The van der Waals surface area contributed by atoms with Crippen LogP contribution in [0.1, 0.15) is 26.3 Å². The van der Waals surface area contributed by atoms with E-state index in [1.54, 1.807) is 0 Å². The fourth-order valence-corrected chi connectivity index (χ4v) is 1.72. The van der Waals surface area contributed by atoms with E-state index in [0.29, 0.717) is 13.2 Å². The molecule has 1 aromatic rings. The molecule has 0 aromatic heterocycles. The molecular weight excluding hydrogens is 282 g/mol. The zero-order chi connectivity index (χ0) is 16.6. The molecule has 0 spiro atoms. The van der Waals surface area contributed by atoms with Crippen LogP contribution in [-0.2, 0) is 15.0 Å².